The van der Waals surface area contributed by atoms with Crippen molar-refractivity contribution in [3.63, 3.8) is 0 Å². The molecule has 2 saturated heterocycles. The van der Waals surface area contributed by atoms with E-state index in [9.17, 15) is 9.70 Å². The van der Waals surface area contributed by atoms with Crippen LogP contribution in [-0.4, -0.2) is 72.0 Å². The van der Waals surface area contributed by atoms with Crippen LogP contribution in [0.15, 0.2) is 60.4 Å². The molecule has 216 valence electrons. The number of nitrogens with zero attached hydrogens (tertiary/aromatic N) is 3. The van der Waals surface area contributed by atoms with E-state index in [0.717, 1.165) is 49.2 Å². The molecule has 0 radical (unpaired) electrons. The zero-order chi connectivity index (χ0) is 30.0. The molecule has 2 heterocycles. The third-order valence-corrected chi connectivity index (χ3v) is 6.74. The summed E-state index contributed by atoms with van der Waals surface area (Å²) in [5.74, 6) is 4.32. The van der Waals surface area contributed by atoms with Crippen LogP contribution in [-0.2, 0) is 4.74 Å². The molecule has 1 aromatic carbocycles. The Kier molecular flexibility index (Phi) is 15.5. The van der Waals surface area contributed by atoms with Gasteiger partial charge in [0.1, 0.15) is 6.61 Å². The van der Waals surface area contributed by atoms with Crippen molar-refractivity contribution in [2.24, 2.45) is 5.29 Å². The largest absolute Gasteiger partial charge is 0.436 e. The zero-order valence-electron chi connectivity index (χ0n) is 24.0. The number of anilines is 2. The fourth-order valence-corrected chi connectivity index (χ4v) is 4.52. The summed E-state index contributed by atoms with van der Waals surface area (Å²) < 4.78 is 5.07. The number of nitrogens with one attached hydrogen (secondary N) is 2. The number of terminal acetylenes is 2. The molecule has 3 N–H and O–H groups in total. The Morgan fingerprint density at radius 2 is 1.93 bits per heavy atom. The Labute approximate surface area is 239 Å². The number of nitroso groups, excluding NO2 is 1. The van der Waals surface area contributed by atoms with E-state index in [0.29, 0.717) is 24.8 Å². The van der Waals surface area contributed by atoms with Crippen LogP contribution in [0.5, 0.6) is 0 Å². The van der Waals surface area contributed by atoms with Crippen molar-refractivity contribution < 1.29 is 14.6 Å². The summed E-state index contributed by atoms with van der Waals surface area (Å²) in [6.45, 7) is 16.4. The molecule has 0 spiro atoms. The summed E-state index contributed by atoms with van der Waals surface area (Å²) in [7, 11) is 0. The van der Waals surface area contributed by atoms with Crippen molar-refractivity contribution in [1.29, 1.82) is 0 Å². The monoisotopic (exact) mass is 549 g/mol. The van der Waals surface area contributed by atoms with Gasteiger partial charge in [-0.25, -0.2) is 10.2 Å². The second-order valence-corrected chi connectivity index (χ2v) is 9.80. The molecule has 9 nitrogen and oxygen atoms in total. The molecule has 2 aliphatic rings. The standard InChI is InChI=1S/C21H29N5O3.C7H10.C3H4O/c1-4-13-29-20(27)25-12-9-21(3,15-25)26-10-7-17(8-11-26)22-19-14-16(2)5-6-18(19)23-24-28;1-4-6-7(3)5-2;1-2-3-4/h1,5-6,14,17,22H,7-13,15H2,2-3H3,(H,23,28);4-6H,1-2H2,3H3;1,4H,3H2/b;7-6-;. The van der Waals surface area contributed by atoms with Gasteiger partial charge >= 0.3 is 6.09 Å². The van der Waals surface area contributed by atoms with Crippen molar-refractivity contribution in [2.75, 3.05) is 50.1 Å². The van der Waals surface area contributed by atoms with E-state index in [1.807, 2.05) is 44.0 Å². The summed E-state index contributed by atoms with van der Waals surface area (Å²) in [4.78, 5) is 26.9. The van der Waals surface area contributed by atoms with Crippen LogP contribution in [0.4, 0.5) is 16.2 Å². The van der Waals surface area contributed by atoms with Gasteiger partial charge < -0.3 is 20.1 Å². The van der Waals surface area contributed by atoms with E-state index in [2.05, 4.69) is 53.4 Å². The SMILES string of the molecule is C#CCO.C#CCOC(=O)N1CCC(C)(N2CCC(Nc3cc(C)ccc3NN=O)CC2)C1.C=C/C=C(/C)C=C. The van der Waals surface area contributed by atoms with Crippen LogP contribution in [0.2, 0.25) is 0 Å². The molecule has 0 bridgehead atoms. The van der Waals surface area contributed by atoms with Crippen LogP contribution in [0.25, 0.3) is 0 Å². The van der Waals surface area contributed by atoms with Crippen LogP contribution in [0.1, 0.15) is 38.7 Å². The highest BCUT2D eigenvalue weighted by Crippen LogP contribution is 2.32. The topological polar surface area (TPSA) is 106 Å². The molecule has 0 saturated carbocycles. The number of hydrogen-bond acceptors (Lipinski definition) is 7. The molecule has 0 aromatic heterocycles. The molecule has 2 fully saturated rings. The first-order chi connectivity index (χ1) is 19.2. The van der Waals surface area contributed by atoms with Gasteiger partial charge in [0.15, 0.2) is 6.61 Å². The smallest absolute Gasteiger partial charge is 0.410 e. The minimum atomic E-state index is -0.327. The Bertz CT molecular complexity index is 1100. The van der Waals surface area contributed by atoms with Gasteiger partial charge in [-0.3, -0.25) is 4.90 Å². The first-order valence-electron chi connectivity index (χ1n) is 13.2. The van der Waals surface area contributed by atoms with Gasteiger partial charge in [0.05, 0.1) is 16.7 Å². The van der Waals surface area contributed by atoms with Gasteiger partial charge in [-0.05, 0) is 57.7 Å². The number of carbonyl (C=O) groups excluding carboxylic acids is 1. The van der Waals surface area contributed by atoms with Gasteiger partial charge in [-0.1, -0.05) is 54.9 Å². The van der Waals surface area contributed by atoms with E-state index >= 15 is 0 Å². The zero-order valence-corrected chi connectivity index (χ0v) is 24.0. The predicted molar refractivity (Wildman–Crippen MR) is 164 cm³/mol. The van der Waals surface area contributed by atoms with E-state index in [1.165, 1.54) is 0 Å². The van der Waals surface area contributed by atoms with Crippen molar-refractivity contribution in [2.45, 2.75) is 51.6 Å². The number of ether oxygens (including phenoxy) is 1. The minimum Gasteiger partial charge on any atom is -0.436 e. The van der Waals surface area contributed by atoms with Gasteiger partial charge in [0, 0.05) is 37.8 Å². The molecule has 1 aromatic rings. The lowest BCUT2D eigenvalue weighted by Gasteiger charge is -2.43. The maximum Gasteiger partial charge on any atom is 0.410 e. The highest BCUT2D eigenvalue weighted by atomic mass is 16.6. The van der Waals surface area contributed by atoms with Crippen molar-refractivity contribution >= 4 is 17.5 Å². The number of allylic oxidation sites excluding steroid dienone is 4. The van der Waals surface area contributed by atoms with E-state index in [-0.39, 0.29) is 24.8 Å². The van der Waals surface area contributed by atoms with E-state index < -0.39 is 0 Å². The highest BCUT2D eigenvalue weighted by molar-refractivity contribution is 5.70. The predicted octanol–water partition coefficient (Wildman–Crippen LogP) is 5.12. The molecule has 2 aliphatic heterocycles. The number of likely N-dealkylation sites (tertiary alicyclic amines) is 2. The second-order valence-electron chi connectivity index (χ2n) is 9.80. The quantitative estimate of drug-likeness (QED) is 0.179. The van der Waals surface area contributed by atoms with Crippen LogP contribution >= 0.6 is 0 Å². The maximum absolute atomic E-state index is 12.1. The summed E-state index contributed by atoms with van der Waals surface area (Å²) in [6.07, 6.45) is 17.7. The third kappa shape index (κ3) is 11.4. The molecule has 1 amide bonds. The molecule has 3 rings (SSSR count). The molecule has 1 unspecified atom stereocenters. The summed E-state index contributed by atoms with van der Waals surface area (Å²) in [5.41, 5.74) is 6.34. The normalized spacial score (nSPS) is 18.9. The van der Waals surface area contributed by atoms with Gasteiger partial charge in [-0.2, -0.15) is 0 Å². The molecular weight excluding hydrogens is 506 g/mol. The van der Waals surface area contributed by atoms with Crippen molar-refractivity contribution in [3.8, 4) is 24.7 Å². The Morgan fingerprint density at radius 3 is 2.45 bits per heavy atom. The summed E-state index contributed by atoms with van der Waals surface area (Å²) >= 11 is 0. The number of carbonyl (C=O) groups is 1. The number of aliphatic hydroxyl groups excluding tert-OH is 1. The van der Waals surface area contributed by atoms with E-state index in [1.54, 1.807) is 17.1 Å². The first kappa shape index (κ1) is 34.0. The van der Waals surface area contributed by atoms with Gasteiger partial charge in [0.25, 0.3) is 0 Å². The fourth-order valence-electron chi connectivity index (χ4n) is 4.52. The summed E-state index contributed by atoms with van der Waals surface area (Å²) in [6, 6.07) is 6.16. The number of piperidine rings is 1. The van der Waals surface area contributed by atoms with Crippen molar-refractivity contribution in [3.05, 3.63) is 65.6 Å². The lowest BCUT2D eigenvalue weighted by molar-refractivity contribution is 0.0755. The van der Waals surface area contributed by atoms with Crippen LogP contribution in [0, 0.1) is 36.5 Å². The van der Waals surface area contributed by atoms with Crippen molar-refractivity contribution in [1.82, 2.24) is 9.80 Å². The fraction of sp³-hybridized carbons (Fsp3) is 0.452. The highest BCUT2D eigenvalue weighted by Gasteiger charge is 2.42. The minimum absolute atomic E-state index is 0.0124. The Balaban J connectivity index is 0.000000617. The van der Waals surface area contributed by atoms with E-state index in [4.69, 9.17) is 16.3 Å². The van der Waals surface area contributed by atoms with Gasteiger partial charge in [0.2, 0.25) is 0 Å². The molecule has 0 aliphatic carbocycles. The van der Waals surface area contributed by atoms with Crippen LogP contribution in [0.3, 0.4) is 0 Å². The molecule has 9 heteroatoms. The Hall–Kier alpha value is -4.05. The number of amides is 1. The number of rotatable bonds is 8. The number of aryl methyl sites for hydroxylation is 1. The Morgan fingerprint density at radius 1 is 1.25 bits per heavy atom. The maximum atomic E-state index is 12.1. The molecule has 40 heavy (non-hydrogen) atoms. The average molecular weight is 550 g/mol. The number of hydrogen-bond donors (Lipinski definition) is 3. The second kappa shape index (κ2) is 18.3. The lowest BCUT2D eigenvalue weighted by Crippen LogP contribution is -2.53. The number of aliphatic hydroxyl groups is 1. The van der Waals surface area contributed by atoms with Gasteiger partial charge in [-0.15, -0.1) is 17.8 Å². The first-order valence-corrected chi connectivity index (χ1v) is 13.2. The lowest BCUT2D eigenvalue weighted by atomic mass is 9.93. The number of benzene rings is 1. The summed E-state index contributed by atoms with van der Waals surface area (Å²) in [5, 5.41) is 14.0. The third-order valence-electron chi connectivity index (χ3n) is 6.74. The molecular formula is C31H43N5O4. The van der Waals surface area contributed by atoms with Crippen LogP contribution < -0.4 is 10.7 Å². The average Bonchev–Trinajstić information content (AvgIpc) is 3.37. The molecule has 1 atom stereocenters.